The Morgan fingerprint density at radius 2 is 2.69 bits per heavy atom. The van der Waals surface area contributed by atoms with Crippen LogP contribution in [0.25, 0.3) is 0 Å². The molecule has 1 aromatic rings. The summed E-state index contributed by atoms with van der Waals surface area (Å²) in [5.41, 5.74) is 0. The molecule has 0 aliphatic carbocycles. The highest BCUT2D eigenvalue weighted by Gasteiger charge is 2.14. The van der Waals surface area contributed by atoms with Crippen LogP contribution in [0.5, 0.6) is 0 Å². The first-order valence-corrected chi connectivity index (χ1v) is 6.51. The molecule has 0 unspecified atom stereocenters. The first-order chi connectivity index (χ1) is 6.34. The quantitative estimate of drug-likeness (QED) is 0.870. The second kappa shape index (κ2) is 4.64. The van der Waals surface area contributed by atoms with Crippen molar-refractivity contribution in [3.05, 3.63) is 15.5 Å². The minimum atomic E-state index is 0.653. The highest BCUT2D eigenvalue weighted by atomic mass is 35.5. The number of nitrogens with zero attached hydrogens (tertiary/aromatic N) is 1. The molecule has 1 atom stereocenters. The summed E-state index contributed by atoms with van der Waals surface area (Å²) in [6.07, 6.45) is 3.17. The summed E-state index contributed by atoms with van der Waals surface area (Å²) in [7, 11) is 0. The summed E-state index contributed by atoms with van der Waals surface area (Å²) in [6, 6.07) is 0. The van der Waals surface area contributed by atoms with E-state index in [4.69, 9.17) is 11.6 Å². The van der Waals surface area contributed by atoms with Gasteiger partial charge in [0.2, 0.25) is 0 Å². The van der Waals surface area contributed by atoms with Crippen LogP contribution in [-0.2, 0) is 5.75 Å². The van der Waals surface area contributed by atoms with Crippen LogP contribution in [0.15, 0.2) is 6.20 Å². The van der Waals surface area contributed by atoms with Crippen LogP contribution in [0.3, 0.4) is 0 Å². The van der Waals surface area contributed by atoms with Crippen molar-refractivity contribution in [1.29, 1.82) is 0 Å². The number of hydrogen-bond donors (Lipinski definition) is 1. The maximum absolute atomic E-state index is 5.74. The van der Waals surface area contributed by atoms with E-state index in [1.54, 1.807) is 11.3 Å². The van der Waals surface area contributed by atoms with Gasteiger partial charge >= 0.3 is 0 Å². The van der Waals surface area contributed by atoms with Gasteiger partial charge < -0.3 is 5.32 Å². The lowest BCUT2D eigenvalue weighted by Crippen LogP contribution is -2.10. The van der Waals surface area contributed by atoms with Gasteiger partial charge in [-0.1, -0.05) is 11.6 Å². The average molecular weight is 235 g/mol. The third-order valence-corrected chi connectivity index (χ3v) is 4.65. The molecule has 1 aliphatic heterocycles. The molecule has 1 aliphatic rings. The monoisotopic (exact) mass is 234 g/mol. The Bertz CT molecular complexity index is 271. The highest BCUT2D eigenvalue weighted by molar-refractivity contribution is 7.99. The Morgan fingerprint density at radius 1 is 1.77 bits per heavy atom. The third-order valence-electron chi connectivity index (χ3n) is 2.00. The van der Waals surface area contributed by atoms with E-state index in [0.29, 0.717) is 4.47 Å². The Labute approximate surface area is 91.1 Å². The average Bonchev–Trinajstić information content (AvgIpc) is 2.71. The van der Waals surface area contributed by atoms with E-state index in [0.717, 1.165) is 17.5 Å². The van der Waals surface area contributed by atoms with Gasteiger partial charge in [0.15, 0.2) is 4.47 Å². The fourth-order valence-corrected chi connectivity index (χ4v) is 3.53. The minimum Gasteiger partial charge on any atom is -0.316 e. The fourth-order valence-electron chi connectivity index (χ4n) is 1.32. The van der Waals surface area contributed by atoms with Crippen molar-refractivity contribution < 1.29 is 0 Å². The lowest BCUT2D eigenvalue weighted by molar-refractivity contribution is 0.858. The second-order valence-electron chi connectivity index (χ2n) is 3.01. The molecule has 0 radical (unpaired) electrons. The lowest BCUT2D eigenvalue weighted by Gasteiger charge is -2.05. The molecule has 0 amide bonds. The van der Waals surface area contributed by atoms with E-state index >= 15 is 0 Å². The first-order valence-electron chi connectivity index (χ1n) is 4.27. The molecule has 0 saturated carbocycles. The van der Waals surface area contributed by atoms with Crippen molar-refractivity contribution in [2.24, 2.45) is 0 Å². The molecule has 1 saturated heterocycles. The predicted molar refractivity (Wildman–Crippen MR) is 59.7 cm³/mol. The summed E-state index contributed by atoms with van der Waals surface area (Å²) in [4.78, 5) is 5.30. The topological polar surface area (TPSA) is 24.9 Å². The van der Waals surface area contributed by atoms with Crippen molar-refractivity contribution in [1.82, 2.24) is 10.3 Å². The third kappa shape index (κ3) is 2.84. The molecule has 2 rings (SSSR count). The van der Waals surface area contributed by atoms with Gasteiger partial charge in [-0.15, -0.1) is 11.3 Å². The molecule has 1 fully saturated rings. The van der Waals surface area contributed by atoms with Gasteiger partial charge in [-0.3, -0.25) is 0 Å². The van der Waals surface area contributed by atoms with Crippen LogP contribution in [0.4, 0.5) is 0 Å². The molecule has 1 aromatic heterocycles. The summed E-state index contributed by atoms with van der Waals surface area (Å²) in [5, 5.41) is 4.13. The van der Waals surface area contributed by atoms with E-state index in [1.165, 1.54) is 17.8 Å². The zero-order valence-corrected chi connectivity index (χ0v) is 9.51. The van der Waals surface area contributed by atoms with Gasteiger partial charge in [0.05, 0.1) is 0 Å². The van der Waals surface area contributed by atoms with E-state index in [-0.39, 0.29) is 0 Å². The Hall–Kier alpha value is 0.230. The fraction of sp³-hybridized carbons (Fsp3) is 0.625. The van der Waals surface area contributed by atoms with E-state index < -0.39 is 0 Å². The SMILES string of the molecule is Clc1ncc(CS[C@H]2CCNC2)s1. The van der Waals surface area contributed by atoms with Crippen LogP contribution in [0, 0.1) is 0 Å². The maximum Gasteiger partial charge on any atom is 0.183 e. The van der Waals surface area contributed by atoms with Crippen LogP contribution in [0.2, 0.25) is 4.47 Å². The number of halogens is 1. The molecular weight excluding hydrogens is 224 g/mol. The van der Waals surface area contributed by atoms with Gasteiger partial charge in [0.1, 0.15) is 0 Å². The van der Waals surface area contributed by atoms with E-state index in [1.807, 2.05) is 18.0 Å². The van der Waals surface area contributed by atoms with E-state index in [2.05, 4.69) is 10.3 Å². The largest absolute Gasteiger partial charge is 0.316 e. The number of rotatable bonds is 3. The van der Waals surface area contributed by atoms with Gasteiger partial charge in [-0.25, -0.2) is 4.98 Å². The summed E-state index contributed by atoms with van der Waals surface area (Å²) in [5.74, 6) is 1.05. The Balaban J connectivity index is 1.78. The zero-order chi connectivity index (χ0) is 9.10. The number of nitrogens with one attached hydrogen (secondary N) is 1. The second-order valence-corrected chi connectivity index (χ2v) is 5.99. The number of hydrogen-bond acceptors (Lipinski definition) is 4. The minimum absolute atomic E-state index is 0.653. The van der Waals surface area contributed by atoms with Crippen LogP contribution < -0.4 is 5.32 Å². The normalized spacial score (nSPS) is 22.4. The van der Waals surface area contributed by atoms with Crippen LogP contribution in [0.1, 0.15) is 11.3 Å². The van der Waals surface area contributed by atoms with E-state index in [9.17, 15) is 0 Å². The van der Waals surface area contributed by atoms with Crippen LogP contribution in [-0.4, -0.2) is 23.3 Å². The van der Waals surface area contributed by atoms with Crippen molar-refractivity contribution >= 4 is 34.7 Å². The molecule has 72 valence electrons. The van der Waals surface area contributed by atoms with Gasteiger partial charge in [0.25, 0.3) is 0 Å². The molecule has 2 nitrogen and oxygen atoms in total. The molecule has 1 N–H and O–H groups in total. The molecule has 2 heterocycles. The molecule has 0 spiro atoms. The molecule has 0 bridgehead atoms. The number of thiazole rings is 1. The van der Waals surface area contributed by atoms with Crippen molar-refractivity contribution in [3.63, 3.8) is 0 Å². The zero-order valence-electron chi connectivity index (χ0n) is 7.12. The molecular formula is C8H11ClN2S2. The number of aromatic nitrogens is 1. The van der Waals surface area contributed by atoms with Crippen molar-refractivity contribution in [3.8, 4) is 0 Å². The standard InChI is InChI=1S/C8H11ClN2S2/c9-8-11-4-7(13-8)5-12-6-1-2-10-3-6/h4,6,10H,1-3,5H2/t6-/m0/s1. The Morgan fingerprint density at radius 3 is 3.31 bits per heavy atom. The Kier molecular flexibility index (Phi) is 3.49. The summed E-state index contributed by atoms with van der Waals surface area (Å²) in [6.45, 7) is 2.32. The van der Waals surface area contributed by atoms with Gasteiger partial charge in [-0.05, 0) is 13.0 Å². The van der Waals surface area contributed by atoms with Crippen molar-refractivity contribution in [2.45, 2.75) is 17.4 Å². The molecule has 0 aromatic carbocycles. The van der Waals surface area contributed by atoms with Crippen LogP contribution >= 0.6 is 34.7 Å². The maximum atomic E-state index is 5.74. The van der Waals surface area contributed by atoms with Gasteiger partial charge in [0, 0.05) is 28.6 Å². The van der Waals surface area contributed by atoms with Gasteiger partial charge in [-0.2, -0.15) is 11.8 Å². The smallest absolute Gasteiger partial charge is 0.183 e. The predicted octanol–water partition coefficient (Wildman–Crippen LogP) is 2.39. The number of thioether (sulfide) groups is 1. The molecule has 5 heteroatoms. The lowest BCUT2D eigenvalue weighted by atomic mass is 10.4. The first kappa shape index (κ1) is 9.77. The molecule has 13 heavy (non-hydrogen) atoms. The van der Waals surface area contributed by atoms with Crippen molar-refractivity contribution in [2.75, 3.05) is 13.1 Å². The summed E-state index contributed by atoms with van der Waals surface area (Å²) >= 11 is 9.33. The highest BCUT2D eigenvalue weighted by Crippen LogP contribution is 2.26. The summed E-state index contributed by atoms with van der Waals surface area (Å²) < 4.78 is 0.653.